The molecule has 144 valence electrons. The fraction of sp³-hybridized carbons (Fsp3) is 0.0769. The van der Waals surface area contributed by atoms with E-state index in [0.717, 1.165) is 65.9 Å². The summed E-state index contributed by atoms with van der Waals surface area (Å²) in [6, 6.07) is 16.3. The maximum absolute atomic E-state index is 6.33. The Kier molecular flexibility index (Phi) is 3.56. The maximum atomic E-state index is 6.33. The van der Waals surface area contributed by atoms with E-state index in [1.807, 2.05) is 54.7 Å². The summed E-state index contributed by atoms with van der Waals surface area (Å²) in [5.41, 5.74) is 4.44. The number of nitrogens with zero attached hydrogens (tertiary/aromatic N) is 2. The van der Waals surface area contributed by atoms with E-state index in [0.29, 0.717) is 0 Å². The van der Waals surface area contributed by atoms with Crippen molar-refractivity contribution in [3.8, 4) is 0 Å². The lowest BCUT2D eigenvalue weighted by Gasteiger charge is -2.17. The van der Waals surface area contributed by atoms with Gasteiger partial charge in [0.25, 0.3) is 0 Å². The third-order valence-electron chi connectivity index (χ3n) is 5.77. The molecule has 0 radical (unpaired) electrons. The topological polar surface area (TPSA) is 51.5 Å². The third-order valence-corrected chi connectivity index (χ3v) is 5.77. The van der Waals surface area contributed by atoms with Gasteiger partial charge in [-0.1, -0.05) is 24.3 Å². The Labute approximate surface area is 172 Å². The summed E-state index contributed by atoms with van der Waals surface area (Å²) in [6.45, 7) is 2.11. The molecule has 3 aromatic carbocycles. The Morgan fingerprint density at radius 2 is 1.50 bits per heavy atom. The molecule has 0 saturated heterocycles. The van der Waals surface area contributed by atoms with Gasteiger partial charge in [0.15, 0.2) is 5.58 Å². The monoisotopic (exact) mass is 390 g/mol. The summed E-state index contributed by atoms with van der Waals surface area (Å²) in [6.07, 6.45) is 7.44. The van der Waals surface area contributed by atoms with Crippen LogP contribution in [0.25, 0.3) is 60.7 Å². The van der Waals surface area contributed by atoms with E-state index in [1.54, 1.807) is 13.3 Å². The molecule has 0 unspecified atom stereocenters. The predicted molar refractivity (Wildman–Crippen MR) is 124 cm³/mol. The van der Waals surface area contributed by atoms with Gasteiger partial charge in [-0.2, -0.15) is 0 Å². The van der Waals surface area contributed by atoms with Crippen LogP contribution < -0.4 is 0 Å². The molecular formula is C26H18N2O2. The van der Waals surface area contributed by atoms with Crippen molar-refractivity contribution in [3.63, 3.8) is 0 Å². The minimum absolute atomic E-state index is 0.778. The van der Waals surface area contributed by atoms with Crippen molar-refractivity contribution in [1.29, 1.82) is 0 Å². The molecule has 0 aliphatic rings. The first-order valence-electron chi connectivity index (χ1n) is 9.90. The number of pyridine rings is 1. The Morgan fingerprint density at radius 3 is 2.27 bits per heavy atom. The summed E-state index contributed by atoms with van der Waals surface area (Å²) in [4.78, 5) is 8.76. The minimum atomic E-state index is 0.778. The summed E-state index contributed by atoms with van der Waals surface area (Å²) < 4.78 is 12.6. The van der Waals surface area contributed by atoms with Gasteiger partial charge in [0, 0.05) is 46.6 Å². The number of allylic oxidation sites excluding steroid dienone is 1. The molecule has 0 atom stereocenters. The first kappa shape index (κ1) is 17.0. The first-order chi connectivity index (χ1) is 14.8. The largest absolute Gasteiger partial charge is 0.456 e. The second-order valence-electron chi connectivity index (χ2n) is 7.42. The van der Waals surface area contributed by atoms with Crippen molar-refractivity contribution < 1.29 is 8.83 Å². The van der Waals surface area contributed by atoms with Gasteiger partial charge in [-0.05, 0) is 54.1 Å². The number of fused-ring (bicyclic) bond motifs is 4. The number of aliphatic imine (C=N–C) groups is 1. The predicted octanol–water partition coefficient (Wildman–Crippen LogP) is 7.06. The molecule has 6 rings (SSSR count). The molecule has 4 nitrogen and oxygen atoms in total. The van der Waals surface area contributed by atoms with Crippen molar-refractivity contribution in [2.45, 2.75) is 6.92 Å². The number of hydrogen-bond donors (Lipinski definition) is 0. The van der Waals surface area contributed by atoms with Gasteiger partial charge >= 0.3 is 0 Å². The van der Waals surface area contributed by atoms with Crippen LogP contribution in [0.15, 0.2) is 74.6 Å². The highest BCUT2D eigenvalue weighted by Gasteiger charge is 2.20. The molecule has 30 heavy (non-hydrogen) atoms. The van der Waals surface area contributed by atoms with Crippen molar-refractivity contribution >= 4 is 66.9 Å². The molecule has 0 bridgehead atoms. The van der Waals surface area contributed by atoms with E-state index in [-0.39, 0.29) is 0 Å². The van der Waals surface area contributed by atoms with Crippen LogP contribution >= 0.6 is 0 Å². The Bertz CT molecular complexity index is 1670. The van der Waals surface area contributed by atoms with Gasteiger partial charge in [-0.25, -0.2) is 0 Å². The molecule has 0 fully saturated rings. The van der Waals surface area contributed by atoms with Gasteiger partial charge in [0.2, 0.25) is 0 Å². The second kappa shape index (κ2) is 6.29. The van der Waals surface area contributed by atoms with E-state index in [2.05, 4.69) is 24.0 Å². The highest BCUT2D eigenvalue weighted by molar-refractivity contribution is 6.36. The number of aryl methyl sites for hydroxylation is 1. The molecule has 0 aliphatic heterocycles. The van der Waals surface area contributed by atoms with Gasteiger partial charge in [-0.3, -0.25) is 9.98 Å². The first-order valence-corrected chi connectivity index (χ1v) is 9.90. The maximum Gasteiger partial charge on any atom is 0.153 e. The van der Waals surface area contributed by atoms with Gasteiger partial charge in [-0.15, -0.1) is 0 Å². The summed E-state index contributed by atoms with van der Waals surface area (Å²) in [5, 5.41) is 6.79. The normalized spacial score (nSPS) is 12.7. The lowest BCUT2D eigenvalue weighted by Crippen LogP contribution is -1.93. The second-order valence-corrected chi connectivity index (χ2v) is 7.42. The quantitative estimate of drug-likeness (QED) is 0.181. The molecule has 0 saturated carbocycles. The lowest BCUT2D eigenvalue weighted by atomic mass is 9.90. The van der Waals surface area contributed by atoms with Crippen LogP contribution in [0.1, 0.15) is 11.3 Å². The van der Waals surface area contributed by atoms with E-state index in [1.165, 1.54) is 0 Å². The Balaban J connectivity index is 1.98. The minimum Gasteiger partial charge on any atom is -0.456 e. The third kappa shape index (κ3) is 2.22. The average molecular weight is 390 g/mol. The van der Waals surface area contributed by atoms with Crippen LogP contribution in [0.5, 0.6) is 0 Å². The Morgan fingerprint density at radius 1 is 0.800 bits per heavy atom. The van der Waals surface area contributed by atoms with Crippen molar-refractivity contribution in [2.24, 2.45) is 4.99 Å². The van der Waals surface area contributed by atoms with E-state index in [9.17, 15) is 0 Å². The highest BCUT2D eigenvalue weighted by Crippen LogP contribution is 2.44. The molecule has 0 amide bonds. The molecule has 0 N–H and O–H groups in total. The standard InChI is InChI=1S/C26H18N2O2/c1-15-18(11-5-13-27-2)29-19-9-3-7-16-17-8-4-10-20-24(17)25(22(15)23(16)19)26-21(30-20)12-6-14-28-26/h3-14H,1-2H3/b11-5-,27-13?. The van der Waals surface area contributed by atoms with Crippen LogP contribution in [0.2, 0.25) is 0 Å². The van der Waals surface area contributed by atoms with Crippen LogP contribution in [-0.4, -0.2) is 18.2 Å². The van der Waals surface area contributed by atoms with Crippen molar-refractivity contribution in [2.75, 3.05) is 7.05 Å². The molecule has 0 spiro atoms. The molecular weight excluding hydrogens is 372 g/mol. The van der Waals surface area contributed by atoms with Crippen molar-refractivity contribution in [3.05, 3.63) is 72.1 Å². The van der Waals surface area contributed by atoms with Gasteiger partial charge in [0.05, 0.1) is 0 Å². The molecule has 3 aromatic heterocycles. The van der Waals surface area contributed by atoms with E-state index >= 15 is 0 Å². The lowest BCUT2D eigenvalue weighted by molar-refractivity contribution is 0.589. The van der Waals surface area contributed by atoms with E-state index < -0.39 is 0 Å². The molecule has 3 heterocycles. The number of hydrogen-bond acceptors (Lipinski definition) is 4. The van der Waals surface area contributed by atoms with E-state index in [4.69, 9.17) is 13.8 Å². The van der Waals surface area contributed by atoms with Gasteiger partial charge < -0.3 is 8.83 Å². The summed E-state index contributed by atoms with van der Waals surface area (Å²) in [7, 11) is 1.75. The number of aromatic nitrogens is 1. The zero-order valence-corrected chi connectivity index (χ0v) is 16.6. The van der Waals surface area contributed by atoms with Crippen molar-refractivity contribution in [1.82, 2.24) is 4.98 Å². The number of benzene rings is 3. The number of rotatable bonds is 2. The van der Waals surface area contributed by atoms with Crippen LogP contribution in [-0.2, 0) is 0 Å². The molecule has 0 aliphatic carbocycles. The fourth-order valence-corrected chi connectivity index (χ4v) is 4.53. The smallest absolute Gasteiger partial charge is 0.153 e. The van der Waals surface area contributed by atoms with Gasteiger partial charge in [0.1, 0.15) is 22.4 Å². The van der Waals surface area contributed by atoms with Crippen LogP contribution in [0.3, 0.4) is 0 Å². The zero-order chi connectivity index (χ0) is 20.2. The molecule has 4 heteroatoms. The highest BCUT2D eigenvalue weighted by atomic mass is 16.3. The molecule has 6 aromatic rings. The summed E-state index contributed by atoms with van der Waals surface area (Å²) in [5.74, 6) is 0.812. The van der Waals surface area contributed by atoms with Crippen LogP contribution in [0, 0.1) is 6.92 Å². The average Bonchev–Trinajstić information content (AvgIpc) is 2.78. The summed E-state index contributed by atoms with van der Waals surface area (Å²) >= 11 is 0. The fourth-order valence-electron chi connectivity index (χ4n) is 4.53. The zero-order valence-electron chi connectivity index (χ0n) is 16.6. The van der Waals surface area contributed by atoms with Crippen LogP contribution in [0.4, 0.5) is 0 Å². The SMILES string of the molecule is CN=C/C=C\c1oc2cccc3c4cccc5oc6cccnc6c(c(c1C)c23)c54. The Hall–Kier alpha value is -3.92.